The average Bonchev–Trinajstić information content (AvgIpc) is 3.18. The Hall–Kier alpha value is -2.05. The minimum Gasteiger partial charge on any atom is -0.492 e. The quantitative estimate of drug-likeness (QED) is 0.354. The lowest BCUT2D eigenvalue weighted by molar-refractivity contribution is 0.150. The molecule has 1 aliphatic carbocycles. The van der Waals surface area contributed by atoms with Gasteiger partial charge in [-0.05, 0) is 44.5 Å². The van der Waals surface area contributed by atoms with Gasteiger partial charge in [0.1, 0.15) is 12.4 Å². The van der Waals surface area contributed by atoms with Crippen LogP contribution >= 0.6 is 0 Å². The second-order valence-corrected chi connectivity index (χ2v) is 6.77. The minimum atomic E-state index is 0.451. The number of likely N-dealkylation sites (N-methyl/N-ethyl adjacent to an activating group) is 1. The summed E-state index contributed by atoms with van der Waals surface area (Å²) in [5.41, 5.74) is 1.14. The van der Waals surface area contributed by atoms with Gasteiger partial charge in [-0.1, -0.05) is 24.3 Å². The van der Waals surface area contributed by atoms with Crippen LogP contribution < -0.4 is 15.4 Å². The molecule has 0 atom stereocenters. The maximum Gasteiger partial charge on any atom is 0.191 e. The molecule has 150 valence electrons. The van der Waals surface area contributed by atoms with Crippen molar-refractivity contribution in [1.29, 1.82) is 0 Å². The summed E-state index contributed by atoms with van der Waals surface area (Å²) >= 11 is 0. The van der Waals surface area contributed by atoms with E-state index >= 15 is 0 Å². The van der Waals surface area contributed by atoms with Crippen LogP contribution in [0.25, 0.3) is 0 Å². The van der Waals surface area contributed by atoms with E-state index in [0.717, 1.165) is 56.4 Å². The summed E-state index contributed by atoms with van der Waals surface area (Å²) in [6.45, 7) is 6.74. The van der Waals surface area contributed by atoms with Gasteiger partial charge in [0.25, 0.3) is 0 Å². The van der Waals surface area contributed by atoms with E-state index in [1.54, 1.807) is 7.11 Å². The Kier molecular flexibility index (Phi) is 9.73. The van der Waals surface area contributed by atoms with Crippen LogP contribution in [-0.2, 0) is 11.3 Å². The average molecular weight is 375 g/mol. The van der Waals surface area contributed by atoms with Gasteiger partial charge in [0.05, 0.1) is 13.2 Å². The molecule has 0 saturated carbocycles. The molecule has 1 aromatic carbocycles. The van der Waals surface area contributed by atoms with E-state index in [0.29, 0.717) is 19.2 Å². The minimum absolute atomic E-state index is 0.451. The summed E-state index contributed by atoms with van der Waals surface area (Å²) in [4.78, 5) is 6.92. The zero-order chi connectivity index (χ0) is 19.3. The molecule has 27 heavy (non-hydrogen) atoms. The van der Waals surface area contributed by atoms with Crippen LogP contribution in [0.2, 0.25) is 0 Å². The molecule has 0 heterocycles. The van der Waals surface area contributed by atoms with Crippen LogP contribution in [0.1, 0.15) is 25.3 Å². The Labute approximate surface area is 163 Å². The zero-order valence-electron chi connectivity index (χ0n) is 16.9. The maximum absolute atomic E-state index is 5.89. The van der Waals surface area contributed by atoms with Gasteiger partial charge in [0.15, 0.2) is 5.96 Å². The Balaban J connectivity index is 1.82. The lowest BCUT2D eigenvalue weighted by atomic mass is 10.2. The SMILES string of the molecule is CCNC(=NCc1cccc(OCCN(C)CCOC)c1)NC1CC=CC1. The third kappa shape index (κ3) is 8.45. The number of benzene rings is 1. The van der Waals surface area contributed by atoms with Gasteiger partial charge in [-0.3, -0.25) is 0 Å². The number of hydrogen-bond acceptors (Lipinski definition) is 4. The highest BCUT2D eigenvalue weighted by molar-refractivity contribution is 5.80. The van der Waals surface area contributed by atoms with Crippen molar-refractivity contribution in [2.24, 2.45) is 4.99 Å². The topological polar surface area (TPSA) is 58.1 Å². The Morgan fingerprint density at radius 3 is 2.74 bits per heavy atom. The zero-order valence-corrected chi connectivity index (χ0v) is 16.9. The highest BCUT2D eigenvalue weighted by atomic mass is 16.5. The van der Waals surface area contributed by atoms with E-state index in [-0.39, 0.29) is 0 Å². The van der Waals surface area contributed by atoms with Crippen LogP contribution in [0.3, 0.4) is 0 Å². The van der Waals surface area contributed by atoms with E-state index in [1.807, 2.05) is 12.1 Å². The van der Waals surface area contributed by atoms with Gasteiger partial charge in [-0.15, -0.1) is 0 Å². The lowest BCUT2D eigenvalue weighted by Crippen LogP contribution is -2.42. The second-order valence-electron chi connectivity index (χ2n) is 6.77. The van der Waals surface area contributed by atoms with Crippen LogP contribution in [0, 0.1) is 0 Å². The molecule has 0 bridgehead atoms. The molecule has 1 aromatic rings. The fourth-order valence-corrected chi connectivity index (χ4v) is 2.83. The fraction of sp³-hybridized carbons (Fsp3) is 0.571. The normalized spacial score (nSPS) is 14.7. The molecular formula is C21H34N4O2. The number of nitrogens with one attached hydrogen (secondary N) is 2. The highest BCUT2D eigenvalue weighted by Gasteiger charge is 2.11. The second kappa shape index (κ2) is 12.4. The van der Waals surface area contributed by atoms with Gasteiger partial charge in [0.2, 0.25) is 0 Å². The predicted octanol–water partition coefficient (Wildman–Crippen LogP) is 2.42. The van der Waals surface area contributed by atoms with Gasteiger partial charge >= 0.3 is 0 Å². The third-order valence-corrected chi connectivity index (χ3v) is 4.43. The third-order valence-electron chi connectivity index (χ3n) is 4.43. The standard InChI is InChI=1S/C21H34N4O2/c1-4-22-21(24-19-9-5-6-10-19)23-17-18-8-7-11-20(16-18)27-15-13-25(2)12-14-26-3/h5-8,11,16,19H,4,9-10,12-15,17H2,1-3H3,(H2,22,23,24). The van der Waals surface area contributed by atoms with E-state index in [2.05, 4.69) is 53.8 Å². The summed E-state index contributed by atoms with van der Waals surface area (Å²) in [5.74, 6) is 1.76. The number of ether oxygens (including phenoxy) is 2. The highest BCUT2D eigenvalue weighted by Crippen LogP contribution is 2.14. The van der Waals surface area contributed by atoms with E-state index < -0.39 is 0 Å². The van der Waals surface area contributed by atoms with Crippen molar-refractivity contribution in [2.75, 3.05) is 47.0 Å². The molecule has 0 aromatic heterocycles. The molecular weight excluding hydrogens is 340 g/mol. The van der Waals surface area contributed by atoms with Crippen molar-refractivity contribution in [3.8, 4) is 5.75 Å². The van der Waals surface area contributed by atoms with Gasteiger partial charge in [-0.2, -0.15) is 0 Å². The molecule has 6 nitrogen and oxygen atoms in total. The van der Waals surface area contributed by atoms with Crippen molar-refractivity contribution in [1.82, 2.24) is 15.5 Å². The number of guanidine groups is 1. The molecule has 0 saturated heterocycles. The molecule has 0 spiro atoms. The molecule has 0 fully saturated rings. The van der Waals surface area contributed by atoms with Crippen molar-refractivity contribution in [2.45, 2.75) is 32.4 Å². The van der Waals surface area contributed by atoms with Crippen molar-refractivity contribution in [3.63, 3.8) is 0 Å². The monoisotopic (exact) mass is 374 g/mol. The largest absolute Gasteiger partial charge is 0.492 e. The summed E-state index contributed by atoms with van der Waals surface area (Å²) in [7, 11) is 3.79. The van der Waals surface area contributed by atoms with Crippen LogP contribution in [0.5, 0.6) is 5.75 Å². The first-order chi connectivity index (χ1) is 13.2. The molecule has 6 heteroatoms. The Morgan fingerprint density at radius 1 is 1.22 bits per heavy atom. The fourth-order valence-electron chi connectivity index (χ4n) is 2.83. The first-order valence-electron chi connectivity index (χ1n) is 9.80. The summed E-state index contributed by atoms with van der Waals surface area (Å²) in [6.07, 6.45) is 6.56. The number of nitrogens with zero attached hydrogens (tertiary/aromatic N) is 2. The maximum atomic E-state index is 5.89. The van der Waals surface area contributed by atoms with Crippen molar-refractivity contribution >= 4 is 5.96 Å². The van der Waals surface area contributed by atoms with E-state index in [4.69, 9.17) is 14.5 Å². The van der Waals surface area contributed by atoms with E-state index in [9.17, 15) is 0 Å². The van der Waals surface area contributed by atoms with Crippen LogP contribution in [-0.4, -0.2) is 63.9 Å². The van der Waals surface area contributed by atoms with Crippen LogP contribution in [0.4, 0.5) is 0 Å². The first-order valence-corrected chi connectivity index (χ1v) is 9.80. The lowest BCUT2D eigenvalue weighted by Gasteiger charge is -2.17. The van der Waals surface area contributed by atoms with Gasteiger partial charge < -0.3 is 25.0 Å². The molecule has 0 radical (unpaired) electrons. The smallest absolute Gasteiger partial charge is 0.191 e. The molecule has 2 N–H and O–H groups in total. The predicted molar refractivity (Wildman–Crippen MR) is 111 cm³/mol. The molecule has 0 aliphatic heterocycles. The summed E-state index contributed by atoms with van der Waals surface area (Å²) in [6, 6.07) is 8.63. The van der Waals surface area contributed by atoms with Gasteiger partial charge in [-0.25, -0.2) is 4.99 Å². The van der Waals surface area contributed by atoms with Crippen molar-refractivity contribution < 1.29 is 9.47 Å². The van der Waals surface area contributed by atoms with Gasteiger partial charge in [0, 0.05) is 32.8 Å². The van der Waals surface area contributed by atoms with Crippen LogP contribution in [0.15, 0.2) is 41.4 Å². The molecule has 0 unspecified atom stereocenters. The number of aliphatic imine (C=N–C) groups is 1. The first kappa shape index (κ1) is 21.3. The summed E-state index contributed by atoms with van der Waals surface area (Å²) < 4.78 is 11.0. The molecule has 2 rings (SSSR count). The van der Waals surface area contributed by atoms with E-state index in [1.165, 1.54) is 0 Å². The van der Waals surface area contributed by atoms with Crippen molar-refractivity contribution in [3.05, 3.63) is 42.0 Å². The molecule has 0 amide bonds. The Bertz CT molecular complexity index is 596. The number of methoxy groups -OCH3 is 1. The number of rotatable bonds is 11. The summed E-state index contributed by atoms with van der Waals surface area (Å²) in [5, 5.41) is 6.82. The molecule has 1 aliphatic rings. The Morgan fingerprint density at radius 2 is 2.00 bits per heavy atom. The number of hydrogen-bond donors (Lipinski definition) is 2.